The summed E-state index contributed by atoms with van der Waals surface area (Å²) in [5, 5.41) is 40.4. The van der Waals surface area contributed by atoms with E-state index in [4.69, 9.17) is 26.1 Å². The quantitative estimate of drug-likeness (QED) is 0.221. The number of hydrogen-bond donors (Lipinski definition) is 4. The summed E-state index contributed by atoms with van der Waals surface area (Å²) >= 11 is 0. The van der Waals surface area contributed by atoms with E-state index in [1.54, 1.807) is 0 Å². The van der Waals surface area contributed by atoms with Crippen LogP contribution in [-0.2, 0) is 25.2 Å². The Morgan fingerprint density at radius 3 is 2.50 bits per heavy atom. The molecule has 0 radical (unpaired) electrons. The van der Waals surface area contributed by atoms with E-state index in [2.05, 4.69) is 15.0 Å². The predicted octanol–water partition coefficient (Wildman–Crippen LogP) is -7.50. The predicted molar refractivity (Wildman–Crippen MR) is 107 cm³/mol. The number of rotatable bonds is 7. The summed E-state index contributed by atoms with van der Waals surface area (Å²) in [6, 6.07) is -1.02. The van der Waals surface area contributed by atoms with E-state index in [9.17, 15) is 20.1 Å². The molecule has 1 unspecified atom stereocenters. The average Bonchev–Trinajstić information content (AvgIpc) is 3.23. The number of aliphatic carboxylic acids is 2. The molecule has 15 heteroatoms. The molecule has 13 nitrogen and oxygen atoms in total. The van der Waals surface area contributed by atoms with E-state index in [0.29, 0.717) is 22.7 Å². The van der Waals surface area contributed by atoms with Crippen LogP contribution >= 0.6 is 0 Å². The van der Waals surface area contributed by atoms with Crippen LogP contribution < -0.4 is 40.5 Å². The van der Waals surface area contributed by atoms with Crippen molar-refractivity contribution in [3.05, 3.63) is 12.7 Å². The summed E-state index contributed by atoms with van der Waals surface area (Å²) in [5.74, 6) is -1.14. The number of aliphatic hydroxyl groups is 2. The summed E-state index contributed by atoms with van der Waals surface area (Å²) in [6.45, 7) is 0.972. The minimum Gasteiger partial charge on any atom is -0.550 e. The minimum absolute atomic E-state index is 0. The van der Waals surface area contributed by atoms with Gasteiger partial charge in [0.15, 0.2) is 17.7 Å². The van der Waals surface area contributed by atoms with Crippen LogP contribution in [0.3, 0.4) is 0 Å². The molecule has 6 N–H and O–H groups in total. The zero-order valence-electron chi connectivity index (χ0n) is 18.0. The molecule has 2 aromatic rings. The fraction of sp³-hybridized carbons (Fsp3) is 0.588. The zero-order chi connectivity index (χ0) is 23.3. The van der Waals surface area contributed by atoms with Crippen LogP contribution in [0.1, 0.15) is 19.6 Å². The number of nitrogens with two attached hydrogens (primary N) is 2. The summed E-state index contributed by atoms with van der Waals surface area (Å²) in [5.41, 5.74) is 12.0. The SMILES string of the molecule is CC(=O)[O-].C[S+](CC[C@H](N)C(=O)[O-])C[C@H]1O[C@@H](n2cnc3c(N)ncnc32)[C@H](O)[C@@H]1O.[Li+]. The average molecular weight is 464 g/mol. The summed E-state index contributed by atoms with van der Waals surface area (Å²) in [4.78, 5) is 31.7. The van der Waals surface area contributed by atoms with Gasteiger partial charge < -0.3 is 46.2 Å². The molecule has 0 aliphatic carbocycles. The van der Waals surface area contributed by atoms with Gasteiger partial charge in [0.25, 0.3) is 0 Å². The van der Waals surface area contributed by atoms with Gasteiger partial charge in [-0.2, -0.15) is 0 Å². The van der Waals surface area contributed by atoms with Gasteiger partial charge in [0.05, 0.1) is 18.6 Å². The van der Waals surface area contributed by atoms with E-state index in [1.165, 1.54) is 17.2 Å². The fourth-order valence-corrected chi connectivity index (χ4v) is 4.62. The summed E-state index contributed by atoms with van der Waals surface area (Å²) in [7, 11) is -0.263. The van der Waals surface area contributed by atoms with Crippen LogP contribution in [0.15, 0.2) is 12.7 Å². The Hall–Kier alpha value is -1.92. The van der Waals surface area contributed by atoms with Crippen LogP contribution in [0.5, 0.6) is 0 Å². The zero-order valence-corrected chi connectivity index (χ0v) is 18.8. The van der Waals surface area contributed by atoms with Gasteiger partial charge in [-0.05, 0) is 17.8 Å². The first kappa shape index (κ1) is 28.1. The summed E-state index contributed by atoms with van der Waals surface area (Å²) < 4.78 is 7.39. The molecule has 0 spiro atoms. The first-order valence-corrected chi connectivity index (χ1v) is 11.2. The second-order valence-corrected chi connectivity index (χ2v) is 9.29. The minimum atomic E-state index is -1.28. The van der Waals surface area contributed by atoms with Crippen molar-refractivity contribution in [3.8, 4) is 0 Å². The van der Waals surface area contributed by atoms with Crippen LogP contribution in [0.2, 0.25) is 0 Å². The van der Waals surface area contributed by atoms with Gasteiger partial charge in [-0.3, -0.25) is 4.57 Å². The molecule has 0 bridgehead atoms. The monoisotopic (exact) mass is 464 g/mol. The largest absolute Gasteiger partial charge is 1.00 e. The van der Waals surface area contributed by atoms with Gasteiger partial charge in [-0.15, -0.1) is 0 Å². The molecule has 0 aromatic carbocycles. The number of anilines is 1. The first-order valence-electron chi connectivity index (χ1n) is 9.20. The first-order chi connectivity index (χ1) is 14.5. The number of carbonyl (C=O) groups excluding carboxylic acids is 2. The molecular formula is C17H25LiN6O7S. The number of aromatic nitrogens is 4. The molecule has 3 rings (SSSR count). The van der Waals surface area contributed by atoms with Crippen molar-refractivity contribution in [2.24, 2.45) is 5.73 Å². The van der Waals surface area contributed by atoms with Crippen molar-refractivity contribution >= 4 is 39.8 Å². The Balaban J connectivity index is 0.000000945. The second-order valence-electron chi connectivity index (χ2n) is 6.99. The van der Waals surface area contributed by atoms with E-state index in [0.717, 1.165) is 6.92 Å². The topological polar surface area (TPSA) is 226 Å². The molecule has 0 saturated carbocycles. The second kappa shape index (κ2) is 12.4. The maximum Gasteiger partial charge on any atom is 1.00 e. The van der Waals surface area contributed by atoms with Gasteiger partial charge in [0.2, 0.25) is 0 Å². The number of carbonyl (C=O) groups is 2. The van der Waals surface area contributed by atoms with Crippen molar-refractivity contribution in [2.45, 2.75) is 43.9 Å². The number of imidazole rings is 1. The molecule has 1 saturated heterocycles. The van der Waals surface area contributed by atoms with E-state index >= 15 is 0 Å². The molecule has 1 aliphatic heterocycles. The Labute approximate surface area is 198 Å². The molecular weight excluding hydrogens is 439 g/mol. The van der Waals surface area contributed by atoms with Crippen LogP contribution in [0.25, 0.3) is 11.2 Å². The molecule has 32 heavy (non-hydrogen) atoms. The number of nitrogens with zero attached hydrogens (tertiary/aromatic N) is 4. The number of hydrogen-bond acceptors (Lipinski definition) is 12. The van der Waals surface area contributed by atoms with Gasteiger partial charge in [-0.25, -0.2) is 15.0 Å². The number of nitrogen functional groups attached to an aromatic ring is 1. The Morgan fingerprint density at radius 1 is 1.28 bits per heavy atom. The van der Waals surface area contributed by atoms with E-state index < -0.39 is 42.5 Å². The molecule has 0 amide bonds. The van der Waals surface area contributed by atoms with Crippen LogP contribution in [-0.4, -0.2) is 83.8 Å². The Bertz CT molecular complexity index is 915. The van der Waals surface area contributed by atoms with Gasteiger partial charge in [0, 0.05) is 18.4 Å². The van der Waals surface area contributed by atoms with Crippen LogP contribution in [0.4, 0.5) is 5.82 Å². The fourth-order valence-electron chi connectivity index (χ4n) is 2.96. The number of fused-ring (bicyclic) bond motifs is 1. The number of carboxylic acid groups (broad SMARTS) is 2. The normalized spacial score (nSPS) is 24.2. The van der Waals surface area contributed by atoms with Gasteiger partial charge in [-0.1, -0.05) is 0 Å². The van der Waals surface area contributed by atoms with E-state index in [1.807, 2.05) is 6.26 Å². The van der Waals surface area contributed by atoms with Crippen molar-refractivity contribution in [2.75, 3.05) is 23.5 Å². The number of ether oxygens (including phenoxy) is 1. The Kier molecular flexibility index (Phi) is 10.9. The van der Waals surface area contributed by atoms with Crippen molar-refractivity contribution in [1.29, 1.82) is 0 Å². The van der Waals surface area contributed by atoms with Crippen LogP contribution in [0, 0.1) is 0 Å². The smallest absolute Gasteiger partial charge is 0.550 e. The summed E-state index contributed by atoms with van der Waals surface area (Å²) in [6.07, 6.45) is 1.17. The molecule has 172 valence electrons. The Morgan fingerprint density at radius 2 is 1.91 bits per heavy atom. The molecule has 2 aromatic heterocycles. The molecule has 1 aliphatic rings. The maximum absolute atomic E-state index is 10.7. The van der Waals surface area contributed by atoms with E-state index in [-0.39, 0.29) is 42.0 Å². The molecule has 1 fully saturated rings. The number of carboxylic acids is 2. The van der Waals surface area contributed by atoms with Crippen molar-refractivity contribution in [1.82, 2.24) is 19.5 Å². The van der Waals surface area contributed by atoms with Gasteiger partial charge in [0.1, 0.15) is 41.7 Å². The van der Waals surface area contributed by atoms with Crippen molar-refractivity contribution in [3.63, 3.8) is 0 Å². The number of aliphatic hydroxyl groups excluding tert-OH is 2. The van der Waals surface area contributed by atoms with Crippen molar-refractivity contribution < 1.29 is 53.6 Å². The third-order valence-electron chi connectivity index (χ3n) is 4.53. The third-order valence-corrected chi connectivity index (χ3v) is 6.36. The molecule has 3 heterocycles. The maximum atomic E-state index is 10.7. The van der Waals surface area contributed by atoms with Gasteiger partial charge >= 0.3 is 18.9 Å². The molecule has 6 atom stereocenters. The standard InChI is InChI=1S/C15H22N6O5S.C2H4O2.Li/c1-27(3-2-7(16)15(24)25)4-8-10(22)11(23)14(26-8)21-6-20-9-12(17)18-5-19-13(9)21;1-2(3)4;/h5-8,10-11,14,22-23H,2-4,16H2,1H3,(H2-,17,18,19,24,25);1H3,(H,3,4);/q;;+1/p-1/t7-,8+,10+,11+,14+,27?;;/m0../s1. The third kappa shape index (κ3) is 7.04.